The molecule has 1 aliphatic rings. The highest BCUT2D eigenvalue weighted by molar-refractivity contribution is 5.89. The van der Waals surface area contributed by atoms with Gasteiger partial charge in [-0.25, -0.2) is 9.59 Å². The topological polar surface area (TPSA) is 155 Å². The van der Waals surface area contributed by atoms with Crippen LogP contribution in [0.2, 0.25) is 0 Å². The van der Waals surface area contributed by atoms with Crippen molar-refractivity contribution in [2.45, 2.75) is 97.1 Å². The van der Waals surface area contributed by atoms with E-state index in [1.165, 1.54) is 7.05 Å². The van der Waals surface area contributed by atoms with Gasteiger partial charge in [0.05, 0.1) is 17.7 Å². The lowest BCUT2D eigenvalue weighted by Crippen LogP contribution is -2.58. The lowest BCUT2D eigenvalue weighted by atomic mass is 9.84. The molecule has 2 heterocycles. The van der Waals surface area contributed by atoms with Gasteiger partial charge in [-0.05, 0) is 59.4 Å². The fourth-order valence-electron chi connectivity index (χ4n) is 7.94. The first-order valence-corrected chi connectivity index (χ1v) is 19.9. The van der Waals surface area contributed by atoms with E-state index in [4.69, 9.17) is 0 Å². The average molecular weight is 779 g/mol. The number of aromatic nitrogens is 1. The van der Waals surface area contributed by atoms with Gasteiger partial charge in [-0.1, -0.05) is 120 Å². The van der Waals surface area contributed by atoms with Crippen molar-refractivity contribution in [1.82, 2.24) is 30.3 Å². The van der Waals surface area contributed by atoms with Gasteiger partial charge in [-0.3, -0.25) is 19.5 Å². The Morgan fingerprint density at radius 3 is 2.09 bits per heavy atom. The number of fused-ring (bicyclic) bond motifs is 1. The van der Waals surface area contributed by atoms with E-state index < -0.39 is 47.7 Å². The van der Waals surface area contributed by atoms with Crippen LogP contribution in [0.5, 0.6) is 0 Å². The third-order valence-electron chi connectivity index (χ3n) is 11.1. The molecule has 6 atom stereocenters. The van der Waals surface area contributed by atoms with Crippen molar-refractivity contribution in [2.24, 2.45) is 11.3 Å². The van der Waals surface area contributed by atoms with Crippen molar-refractivity contribution >= 4 is 34.8 Å². The van der Waals surface area contributed by atoms with Crippen LogP contribution in [0.25, 0.3) is 10.9 Å². The van der Waals surface area contributed by atoms with E-state index in [9.17, 15) is 29.4 Å². The Labute approximate surface area is 336 Å². The molecule has 5 amide bonds. The number of carboxylic acid groups (broad SMARTS) is 1. The van der Waals surface area contributed by atoms with Gasteiger partial charge in [0.25, 0.3) is 0 Å². The number of benzene rings is 3. The molecular formula is C45H58N6O6. The van der Waals surface area contributed by atoms with Crippen molar-refractivity contribution < 1.29 is 29.4 Å². The minimum atomic E-state index is -1.24. The van der Waals surface area contributed by atoms with E-state index in [0.29, 0.717) is 32.5 Å². The van der Waals surface area contributed by atoms with E-state index in [2.05, 4.69) is 15.6 Å². The Morgan fingerprint density at radius 2 is 1.47 bits per heavy atom. The SMILES string of the molecule is CCC(C)[C@@H](C(=O)N[C@@H](Cc1ccccc1)C[C@H](O)[C@H](Cc1ccccc1)NC(=O)[C@@H](N(C)C(=O)O)C(C)(C)C)N1CCN(Cc2ccnc3ccccc23)C1=O. The van der Waals surface area contributed by atoms with Crippen LogP contribution in [0.1, 0.15) is 64.2 Å². The first-order chi connectivity index (χ1) is 27.2. The van der Waals surface area contributed by atoms with Crippen LogP contribution in [-0.4, -0.2) is 104 Å². The molecule has 4 aromatic rings. The summed E-state index contributed by atoms with van der Waals surface area (Å²) in [6.07, 6.45) is 0.777. The summed E-state index contributed by atoms with van der Waals surface area (Å²) in [6, 6.07) is 25.5. The van der Waals surface area contributed by atoms with Gasteiger partial charge in [0.15, 0.2) is 0 Å². The predicted octanol–water partition coefficient (Wildman–Crippen LogP) is 6.12. The Bertz CT molecular complexity index is 1970. The van der Waals surface area contributed by atoms with Crippen LogP contribution in [0.3, 0.4) is 0 Å². The van der Waals surface area contributed by atoms with Crippen LogP contribution in [0.15, 0.2) is 97.2 Å². The molecule has 0 spiro atoms. The van der Waals surface area contributed by atoms with Gasteiger partial charge < -0.3 is 30.6 Å². The molecular weight excluding hydrogens is 721 g/mol. The molecule has 0 aliphatic carbocycles. The number of amides is 5. The van der Waals surface area contributed by atoms with E-state index in [1.807, 2.05) is 105 Å². The molecule has 1 saturated heterocycles. The van der Waals surface area contributed by atoms with Crippen molar-refractivity contribution in [2.75, 3.05) is 20.1 Å². The zero-order valence-corrected chi connectivity index (χ0v) is 34.0. The number of carbonyl (C=O) groups excluding carboxylic acids is 3. The summed E-state index contributed by atoms with van der Waals surface area (Å²) in [4.78, 5) is 63.5. The molecule has 3 aromatic carbocycles. The maximum Gasteiger partial charge on any atom is 0.407 e. The molecule has 0 radical (unpaired) electrons. The van der Waals surface area contributed by atoms with Crippen molar-refractivity contribution in [3.8, 4) is 0 Å². The van der Waals surface area contributed by atoms with E-state index in [0.717, 1.165) is 32.5 Å². The Hall–Kier alpha value is -5.49. The van der Waals surface area contributed by atoms with E-state index >= 15 is 0 Å². The minimum Gasteiger partial charge on any atom is -0.465 e. The molecule has 304 valence electrons. The Kier molecular flexibility index (Phi) is 14.3. The summed E-state index contributed by atoms with van der Waals surface area (Å²) in [6.45, 7) is 10.6. The predicted molar refractivity (Wildman–Crippen MR) is 221 cm³/mol. The number of aliphatic hydroxyl groups excluding tert-OH is 1. The Morgan fingerprint density at radius 1 is 0.860 bits per heavy atom. The van der Waals surface area contributed by atoms with Crippen molar-refractivity contribution in [3.63, 3.8) is 0 Å². The van der Waals surface area contributed by atoms with Crippen LogP contribution in [0, 0.1) is 11.3 Å². The molecule has 1 aromatic heterocycles. The monoisotopic (exact) mass is 778 g/mol. The standard InChI is InChI=1S/C45H58N6O6/c1-7-30(2)39(51-25-24-50(43(51)55)29-33-22-23-46-36-21-15-14-20-35(33)36)41(53)47-34(26-31-16-10-8-11-17-31)28-38(52)37(27-32-18-12-9-13-19-32)48-42(54)40(45(3,4)5)49(6)44(56)57/h8-23,30,34,37-40,52H,7,24-29H2,1-6H3,(H,47,53)(H,48,54)(H,56,57)/t30?,34-,37-,38-,39-,40+/m0/s1. The lowest BCUT2D eigenvalue weighted by molar-refractivity contribution is -0.131. The molecule has 0 saturated carbocycles. The summed E-state index contributed by atoms with van der Waals surface area (Å²) < 4.78 is 0. The maximum absolute atomic E-state index is 14.5. The third kappa shape index (κ3) is 10.9. The minimum absolute atomic E-state index is 0.0792. The molecule has 5 rings (SSSR count). The maximum atomic E-state index is 14.5. The molecule has 57 heavy (non-hydrogen) atoms. The number of hydrogen-bond donors (Lipinski definition) is 4. The molecule has 1 fully saturated rings. The number of nitrogens with one attached hydrogen (secondary N) is 2. The van der Waals surface area contributed by atoms with Gasteiger partial charge in [-0.2, -0.15) is 0 Å². The van der Waals surface area contributed by atoms with Crippen molar-refractivity contribution in [3.05, 3.63) is 114 Å². The molecule has 1 aliphatic heterocycles. The van der Waals surface area contributed by atoms with Crippen molar-refractivity contribution in [1.29, 1.82) is 0 Å². The van der Waals surface area contributed by atoms with Gasteiger partial charge in [0.2, 0.25) is 11.8 Å². The highest BCUT2D eigenvalue weighted by Crippen LogP contribution is 2.27. The van der Waals surface area contributed by atoms with Gasteiger partial charge in [0.1, 0.15) is 12.1 Å². The van der Waals surface area contributed by atoms with E-state index in [1.54, 1.807) is 36.8 Å². The zero-order chi connectivity index (χ0) is 41.3. The second-order valence-corrected chi connectivity index (χ2v) is 16.4. The van der Waals surface area contributed by atoms with Crippen LogP contribution < -0.4 is 10.6 Å². The number of nitrogens with zero attached hydrogens (tertiary/aromatic N) is 4. The third-order valence-corrected chi connectivity index (χ3v) is 11.1. The van der Waals surface area contributed by atoms with Gasteiger partial charge in [-0.15, -0.1) is 0 Å². The number of aliphatic hydroxyl groups is 1. The number of likely N-dealkylation sites (N-methyl/N-ethyl adjacent to an activating group) is 1. The smallest absolute Gasteiger partial charge is 0.407 e. The number of para-hydroxylation sites is 1. The van der Waals surface area contributed by atoms with Crippen LogP contribution in [-0.2, 0) is 29.0 Å². The summed E-state index contributed by atoms with van der Waals surface area (Å²) >= 11 is 0. The lowest BCUT2D eigenvalue weighted by Gasteiger charge is -2.37. The molecule has 12 nitrogen and oxygen atoms in total. The largest absolute Gasteiger partial charge is 0.465 e. The second-order valence-electron chi connectivity index (χ2n) is 16.4. The zero-order valence-electron chi connectivity index (χ0n) is 34.0. The number of rotatable bonds is 17. The Balaban J connectivity index is 1.39. The number of carbonyl (C=O) groups is 4. The summed E-state index contributed by atoms with van der Waals surface area (Å²) in [7, 11) is 1.37. The highest BCUT2D eigenvalue weighted by Gasteiger charge is 2.42. The molecule has 4 N–H and O–H groups in total. The first-order valence-electron chi connectivity index (χ1n) is 19.9. The fourth-order valence-corrected chi connectivity index (χ4v) is 7.94. The summed E-state index contributed by atoms with van der Waals surface area (Å²) in [5, 5.41) is 29.1. The quantitative estimate of drug-likeness (QED) is 0.101. The fraction of sp³-hybridized carbons (Fsp3) is 0.444. The second kappa shape index (κ2) is 19.1. The van der Waals surface area contributed by atoms with Gasteiger partial charge in [0, 0.05) is 44.3 Å². The number of pyridine rings is 1. The normalized spacial score (nSPS) is 16.4. The summed E-state index contributed by atoms with van der Waals surface area (Å²) in [5.41, 5.74) is 2.91. The average Bonchev–Trinajstić information content (AvgIpc) is 3.53. The number of urea groups is 1. The number of hydrogen-bond acceptors (Lipinski definition) is 6. The molecule has 12 heteroatoms. The van der Waals surface area contributed by atoms with Crippen LogP contribution >= 0.6 is 0 Å². The molecule has 0 bridgehead atoms. The van der Waals surface area contributed by atoms with Gasteiger partial charge >= 0.3 is 12.1 Å². The molecule has 1 unspecified atom stereocenters. The highest BCUT2D eigenvalue weighted by atomic mass is 16.4. The summed E-state index contributed by atoms with van der Waals surface area (Å²) in [5.74, 6) is -0.991. The van der Waals surface area contributed by atoms with Crippen LogP contribution in [0.4, 0.5) is 9.59 Å². The first kappa shape index (κ1) is 42.6. The van der Waals surface area contributed by atoms with E-state index in [-0.39, 0.29) is 30.7 Å².